The topological polar surface area (TPSA) is 54.4 Å². The molecule has 7 heteroatoms. The Kier molecular flexibility index (Phi) is 6.93. The molecule has 3 nitrogen and oxygen atoms in total. The van der Waals surface area contributed by atoms with Crippen LogP contribution in [0, 0.1) is 0 Å². The summed E-state index contributed by atoms with van der Waals surface area (Å²) in [4.78, 5) is 0. The van der Waals surface area contributed by atoms with E-state index in [2.05, 4.69) is 25.3 Å². The average Bonchev–Trinajstić information content (AvgIpc) is 1.96. The van der Waals surface area contributed by atoms with Crippen LogP contribution < -0.4 is 0 Å². The second kappa shape index (κ2) is 6.42. The van der Waals surface area contributed by atoms with Gasteiger partial charge in [-0.15, -0.1) is 0 Å². The van der Waals surface area contributed by atoms with Gasteiger partial charge in [0.2, 0.25) is 0 Å². The van der Waals surface area contributed by atoms with Gasteiger partial charge >= 0.3 is 0 Å². The van der Waals surface area contributed by atoms with E-state index < -0.39 is 10.1 Å². The van der Waals surface area contributed by atoms with Crippen molar-refractivity contribution in [3.8, 4) is 0 Å². The van der Waals surface area contributed by atoms with Gasteiger partial charge in [0.05, 0.1) is 5.75 Å². The van der Waals surface area contributed by atoms with Crippen molar-refractivity contribution in [1.29, 1.82) is 0 Å². The lowest BCUT2D eigenvalue weighted by molar-refractivity contribution is 0.485. The van der Waals surface area contributed by atoms with Gasteiger partial charge in [-0.1, -0.05) is 0 Å². The Morgan fingerprint density at radius 3 is 2.17 bits per heavy atom. The van der Waals surface area contributed by atoms with Crippen molar-refractivity contribution in [2.45, 2.75) is 5.25 Å². The highest BCUT2D eigenvalue weighted by molar-refractivity contribution is 8.02. The zero-order valence-electron chi connectivity index (χ0n) is 6.38. The molecule has 0 aliphatic carbocycles. The fourth-order valence-corrected chi connectivity index (χ4v) is 3.35. The number of thioether (sulfide) groups is 1. The Hall–Kier alpha value is 0.960. The summed E-state index contributed by atoms with van der Waals surface area (Å²) in [5.41, 5.74) is 0. The monoisotopic (exact) mass is 248 g/mol. The van der Waals surface area contributed by atoms with Gasteiger partial charge in [0, 0.05) is 22.5 Å². The van der Waals surface area contributed by atoms with E-state index in [0.717, 1.165) is 0 Å². The lowest BCUT2D eigenvalue weighted by atomic mass is 10.5. The highest BCUT2D eigenvalue weighted by atomic mass is 32.2. The van der Waals surface area contributed by atoms with E-state index in [0.29, 0.717) is 17.3 Å². The molecule has 0 saturated heterocycles. The Morgan fingerprint density at radius 1 is 1.33 bits per heavy atom. The van der Waals surface area contributed by atoms with E-state index in [9.17, 15) is 8.42 Å². The van der Waals surface area contributed by atoms with Crippen molar-refractivity contribution >= 4 is 47.1 Å². The van der Waals surface area contributed by atoms with E-state index in [1.54, 1.807) is 0 Å². The zero-order chi connectivity index (χ0) is 9.61. The molecule has 0 fully saturated rings. The fraction of sp³-hybridized carbons (Fsp3) is 1.00. The first-order valence-electron chi connectivity index (χ1n) is 3.28. The summed E-state index contributed by atoms with van der Waals surface area (Å²) in [6.45, 7) is 0. The second-order valence-electron chi connectivity index (χ2n) is 2.14. The minimum atomic E-state index is -3.81. The SMILES string of the molecule is O=S(=O)(O)CCSC(CS)CS. The first kappa shape index (κ1) is 13.0. The Bertz CT molecular complexity index is 197. The fourth-order valence-electron chi connectivity index (χ4n) is 0.483. The van der Waals surface area contributed by atoms with Crippen molar-refractivity contribution in [2.75, 3.05) is 23.0 Å². The summed E-state index contributed by atoms with van der Waals surface area (Å²) in [5, 5.41) is 0.249. The predicted octanol–water partition coefficient (Wildman–Crippen LogP) is 0.836. The largest absolute Gasteiger partial charge is 0.286 e. The number of thiol groups is 2. The maximum atomic E-state index is 10.3. The second-order valence-corrected chi connectivity index (χ2v) is 5.85. The molecule has 0 atom stereocenters. The first-order chi connectivity index (χ1) is 5.49. The Labute approximate surface area is 88.3 Å². The number of rotatable bonds is 6. The molecule has 0 aromatic carbocycles. The van der Waals surface area contributed by atoms with Gasteiger partial charge in [0.25, 0.3) is 10.1 Å². The zero-order valence-corrected chi connectivity index (χ0v) is 9.80. The first-order valence-corrected chi connectivity index (χ1v) is 7.20. The molecule has 0 amide bonds. The molecule has 74 valence electrons. The number of hydrogen-bond acceptors (Lipinski definition) is 5. The maximum absolute atomic E-state index is 10.3. The molecule has 1 N–H and O–H groups in total. The molecule has 0 saturated carbocycles. The molecule has 0 heterocycles. The summed E-state index contributed by atoms with van der Waals surface area (Å²) in [7, 11) is -3.81. The molecule has 0 radical (unpaired) electrons. The minimum absolute atomic E-state index is 0.199. The lowest BCUT2D eigenvalue weighted by Gasteiger charge is -2.09. The molecular weight excluding hydrogens is 236 g/mol. The van der Waals surface area contributed by atoms with Crippen LogP contribution in [0.1, 0.15) is 0 Å². The van der Waals surface area contributed by atoms with E-state index in [4.69, 9.17) is 4.55 Å². The van der Waals surface area contributed by atoms with Gasteiger partial charge < -0.3 is 0 Å². The molecule has 12 heavy (non-hydrogen) atoms. The van der Waals surface area contributed by atoms with Crippen LogP contribution in [-0.2, 0) is 10.1 Å². The van der Waals surface area contributed by atoms with Crippen molar-refractivity contribution in [3.63, 3.8) is 0 Å². The van der Waals surface area contributed by atoms with Crippen LogP contribution >= 0.6 is 37.0 Å². The molecule has 0 spiro atoms. The van der Waals surface area contributed by atoms with Gasteiger partial charge in [-0.2, -0.15) is 45.4 Å². The van der Waals surface area contributed by atoms with Crippen molar-refractivity contribution in [3.05, 3.63) is 0 Å². The van der Waals surface area contributed by atoms with Crippen LogP contribution in [-0.4, -0.2) is 41.2 Å². The standard InChI is InChI=1S/C5H12O3S4/c6-12(7,8)2-1-11-5(3-9)4-10/h5,9-10H,1-4H2,(H,6,7,8). The Balaban J connectivity index is 3.55. The molecule has 0 bridgehead atoms. The van der Waals surface area contributed by atoms with E-state index in [1.807, 2.05) is 0 Å². The molecule has 0 unspecified atom stereocenters. The molecule has 0 aliphatic heterocycles. The number of hydrogen-bond donors (Lipinski definition) is 3. The quantitative estimate of drug-likeness (QED) is 0.481. The summed E-state index contributed by atoms with van der Waals surface area (Å²) >= 11 is 9.58. The van der Waals surface area contributed by atoms with E-state index >= 15 is 0 Å². The molecule has 0 aromatic heterocycles. The van der Waals surface area contributed by atoms with Crippen LogP contribution in [0.25, 0.3) is 0 Å². The summed E-state index contributed by atoms with van der Waals surface area (Å²) < 4.78 is 29.0. The van der Waals surface area contributed by atoms with Crippen molar-refractivity contribution in [2.24, 2.45) is 0 Å². The normalized spacial score (nSPS) is 12.3. The van der Waals surface area contributed by atoms with Crippen LogP contribution in [0.2, 0.25) is 0 Å². The molecular formula is C5H12O3S4. The Morgan fingerprint density at radius 2 is 1.83 bits per heavy atom. The van der Waals surface area contributed by atoms with Gasteiger partial charge in [-0.3, -0.25) is 4.55 Å². The van der Waals surface area contributed by atoms with Gasteiger partial charge in [0.1, 0.15) is 0 Å². The average molecular weight is 248 g/mol. The highest BCUT2D eigenvalue weighted by Gasteiger charge is 2.08. The maximum Gasteiger partial charge on any atom is 0.265 e. The van der Waals surface area contributed by atoms with Crippen molar-refractivity contribution < 1.29 is 13.0 Å². The predicted molar refractivity (Wildman–Crippen MR) is 60.4 cm³/mol. The highest BCUT2D eigenvalue weighted by Crippen LogP contribution is 2.13. The van der Waals surface area contributed by atoms with Crippen LogP contribution in [0.5, 0.6) is 0 Å². The van der Waals surface area contributed by atoms with Crippen LogP contribution in [0.4, 0.5) is 0 Å². The van der Waals surface area contributed by atoms with E-state index in [1.165, 1.54) is 11.8 Å². The minimum Gasteiger partial charge on any atom is -0.286 e. The third-order valence-corrected chi connectivity index (χ3v) is 4.70. The van der Waals surface area contributed by atoms with Crippen LogP contribution in [0.3, 0.4) is 0 Å². The molecule has 0 rings (SSSR count). The molecule has 0 aromatic rings. The smallest absolute Gasteiger partial charge is 0.265 e. The van der Waals surface area contributed by atoms with Gasteiger partial charge in [-0.05, 0) is 0 Å². The summed E-state index contributed by atoms with van der Waals surface area (Å²) in [6, 6.07) is 0. The van der Waals surface area contributed by atoms with Crippen LogP contribution in [0.15, 0.2) is 0 Å². The van der Waals surface area contributed by atoms with Gasteiger partial charge in [-0.25, -0.2) is 0 Å². The van der Waals surface area contributed by atoms with Gasteiger partial charge in [0.15, 0.2) is 0 Å². The third kappa shape index (κ3) is 7.60. The third-order valence-electron chi connectivity index (χ3n) is 1.10. The van der Waals surface area contributed by atoms with E-state index in [-0.39, 0.29) is 11.0 Å². The summed E-state index contributed by atoms with van der Waals surface area (Å²) in [6.07, 6.45) is 0. The summed E-state index contributed by atoms with van der Waals surface area (Å²) in [5.74, 6) is 1.53. The van der Waals surface area contributed by atoms with Crippen molar-refractivity contribution in [1.82, 2.24) is 0 Å². The molecule has 0 aliphatic rings. The lowest BCUT2D eigenvalue weighted by Crippen LogP contribution is -2.12.